The molecule has 0 radical (unpaired) electrons. The molecule has 4 heterocycles. The van der Waals surface area contributed by atoms with Crippen molar-refractivity contribution >= 4 is 28.5 Å². The normalized spacial score (nSPS) is 27.0. The average Bonchev–Trinajstić information content (AvgIpc) is 3.49. The summed E-state index contributed by atoms with van der Waals surface area (Å²) in [6.45, 7) is 9.86. The number of ether oxygens (including phenoxy) is 1. The van der Waals surface area contributed by atoms with Gasteiger partial charge >= 0.3 is 6.09 Å². The molecule has 1 aromatic rings. The number of thiazole rings is 1. The highest BCUT2D eigenvalue weighted by Crippen LogP contribution is 2.41. The van der Waals surface area contributed by atoms with Gasteiger partial charge in [0.05, 0.1) is 12.2 Å². The van der Waals surface area contributed by atoms with E-state index in [4.69, 9.17) is 9.72 Å². The Morgan fingerprint density at radius 1 is 1.03 bits per heavy atom. The first-order chi connectivity index (χ1) is 16.0. The Morgan fingerprint density at radius 3 is 2.29 bits per heavy atom. The van der Waals surface area contributed by atoms with Gasteiger partial charge in [-0.05, 0) is 59.3 Å². The third-order valence-electron chi connectivity index (χ3n) is 7.95. The van der Waals surface area contributed by atoms with Crippen LogP contribution in [-0.4, -0.2) is 74.8 Å². The highest BCUT2D eigenvalue weighted by Gasteiger charge is 2.46. The smallest absolute Gasteiger partial charge is 0.410 e. The molecule has 5 rings (SSSR count). The summed E-state index contributed by atoms with van der Waals surface area (Å²) in [4.78, 5) is 38.1. The lowest BCUT2D eigenvalue weighted by atomic mass is 9.86. The summed E-state index contributed by atoms with van der Waals surface area (Å²) < 4.78 is 5.60. The first kappa shape index (κ1) is 23.9. The van der Waals surface area contributed by atoms with Gasteiger partial charge in [0.15, 0.2) is 5.13 Å². The van der Waals surface area contributed by atoms with Crippen molar-refractivity contribution in [1.82, 2.24) is 14.8 Å². The van der Waals surface area contributed by atoms with E-state index in [1.807, 2.05) is 30.6 Å². The molecule has 2 bridgehead atoms. The number of nitrogens with zero attached hydrogens (tertiary/aromatic N) is 4. The Morgan fingerprint density at radius 2 is 1.68 bits per heavy atom. The van der Waals surface area contributed by atoms with Crippen molar-refractivity contribution in [2.75, 3.05) is 24.5 Å². The topological polar surface area (TPSA) is 86.2 Å². The van der Waals surface area contributed by atoms with Gasteiger partial charge in [-0.3, -0.25) is 4.79 Å². The monoisotopic (exact) mass is 490 g/mol. The summed E-state index contributed by atoms with van der Waals surface area (Å²) in [6, 6.07) is 0.499. The van der Waals surface area contributed by atoms with Gasteiger partial charge in [0.25, 0.3) is 5.91 Å². The number of rotatable bonds is 3. The zero-order valence-corrected chi connectivity index (χ0v) is 21.7. The summed E-state index contributed by atoms with van der Waals surface area (Å²) in [5, 5.41) is 12.1. The number of amides is 2. The van der Waals surface area contributed by atoms with E-state index in [1.165, 1.54) is 0 Å². The largest absolute Gasteiger partial charge is 0.444 e. The maximum atomic E-state index is 13.2. The molecule has 0 aromatic carbocycles. The summed E-state index contributed by atoms with van der Waals surface area (Å²) in [7, 11) is 0. The van der Waals surface area contributed by atoms with Crippen LogP contribution in [0, 0.1) is 5.92 Å². The van der Waals surface area contributed by atoms with Crippen molar-refractivity contribution in [1.29, 1.82) is 0 Å². The third kappa shape index (κ3) is 4.41. The van der Waals surface area contributed by atoms with E-state index in [2.05, 4.69) is 4.90 Å². The predicted octanol–water partition coefficient (Wildman–Crippen LogP) is 3.56. The van der Waals surface area contributed by atoms with Crippen LogP contribution in [0.3, 0.4) is 0 Å². The first-order valence-electron chi connectivity index (χ1n) is 12.8. The molecule has 1 aromatic heterocycles. The van der Waals surface area contributed by atoms with Crippen molar-refractivity contribution in [3.63, 3.8) is 0 Å². The average molecular weight is 491 g/mol. The van der Waals surface area contributed by atoms with Crippen LogP contribution in [0.4, 0.5) is 9.93 Å². The lowest BCUT2D eigenvalue weighted by Gasteiger charge is -2.41. The van der Waals surface area contributed by atoms with Gasteiger partial charge in [-0.2, -0.15) is 0 Å². The maximum Gasteiger partial charge on any atom is 0.410 e. The van der Waals surface area contributed by atoms with E-state index in [-0.39, 0.29) is 30.0 Å². The maximum absolute atomic E-state index is 13.2. The summed E-state index contributed by atoms with van der Waals surface area (Å²) in [6.07, 6.45) is 6.64. The second-order valence-corrected chi connectivity index (χ2v) is 12.7. The molecule has 1 aliphatic carbocycles. The van der Waals surface area contributed by atoms with Crippen molar-refractivity contribution in [3.8, 4) is 0 Å². The molecule has 2 saturated heterocycles. The molecule has 0 spiro atoms. The van der Waals surface area contributed by atoms with Gasteiger partial charge in [0.1, 0.15) is 11.2 Å². The lowest BCUT2D eigenvalue weighted by molar-refractivity contribution is -0.156. The highest BCUT2D eigenvalue weighted by atomic mass is 32.1. The number of aromatic nitrogens is 1. The summed E-state index contributed by atoms with van der Waals surface area (Å²) in [5.74, 6) is -0.0682. The number of likely N-dealkylation sites (tertiary alicyclic amines) is 1. The van der Waals surface area contributed by atoms with Crippen molar-refractivity contribution in [2.24, 2.45) is 5.92 Å². The second kappa shape index (κ2) is 8.66. The van der Waals surface area contributed by atoms with Crippen LogP contribution >= 0.6 is 11.3 Å². The molecular formula is C25H38N4O4S. The number of carbonyl (C=O) groups excluding carboxylic acids is 2. The molecule has 34 heavy (non-hydrogen) atoms. The van der Waals surface area contributed by atoms with Crippen LogP contribution in [0.15, 0.2) is 0 Å². The Labute approximate surface area is 206 Å². The molecule has 1 saturated carbocycles. The van der Waals surface area contributed by atoms with E-state index in [9.17, 15) is 14.7 Å². The van der Waals surface area contributed by atoms with Crippen LogP contribution in [0.1, 0.15) is 76.8 Å². The third-order valence-corrected chi connectivity index (χ3v) is 9.04. The number of piperazine rings is 1. The molecule has 1 N–H and O–H groups in total. The Balaban J connectivity index is 1.27. The quantitative estimate of drug-likeness (QED) is 0.697. The second-order valence-electron chi connectivity index (χ2n) is 11.6. The molecule has 188 valence electrons. The number of hydrogen-bond acceptors (Lipinski definition) is 7. The lowest BCUT2D eigenvalue weighted by Crippen LogP contribution is -2.56. The van der Waals surface area contributed by atoms with E-state index >= 15 is 0 Å². The van der Waals surface area contributed by atoms with Crippen LogP contribution < -0.4 is 4.90 Å². The molecule has 8 nitrogen and oxygen atoms in total. The molecular weight excluding hydrogens is 452 g/mol. The zero-order valence-electron chi connectivity index (χ0n) is 20.9. The Kier molecular flexibility index (Phi) is 6.07. The first-order valence-corrected chi connectivity index (χ1v) is 13.6. The fourth-order valence-electron chi connectivity index (χ4n) is 6.14. The van der Waals surface area contributed by atoms with Crippen molar-refractivity contribution in [2.45, 2.75) is 102 Å². The molecule has 4 aliphatic rings. The fraction of sp³-hybridized carbons (Fsp3) is 0.800. The molecule has 3 fully saturated rings. The van der Waals surface area contributed by atoms with Crippen LogP contribution in [0.2, 0.25) is 0 Å². The fourth-order valence-corrected chi connectivity index (χ4v) is 7.40. The Hall–Kier alpha value is -1.87. The summed E-state index contributed by atoms with van der Waals surface area (Å²) >= 11 is 1.68. The minimum Gasteiger partial charge on any atom is -0.444 e. The minimum absolute atomic E-state index is 0.0651. The highest BCUT2D eigenvalue weighted by molar-refractivity contribution is 7.15. The van der Waals surface area contributed by atoms with Gasteiger partial charge < -0.3 is 24.5 Å². The molecule has 3 unspecified atom stereocenters. The van der Waals surface area contributed by atoms with Crippen LogP contribution in [0.25, 0.3) is 0 Å². The number of fused-ring (bicyclic) bond motifs is 3. The molecule has 2 amide bonds. The summed E-state index contributed by atoms with van der Waals surface area (Å²) in [5.41, 5.74) is -0.690. The van der Waals surface area contributed by atoms with Crippen molar-refractivity contribution in [3.05, 3.63) is 10.6 Å². The Bertz CT molecular complexity index is 935. The number of carbonyl (C=O) groups is 2. The van der Waals surface area contributed by atoms with E-state index in [0.717, 1.165) is 60.6 Å². The number of hydrogen-bond donors (Lipinski definition) is 1. The zero-order chi connectivity index (χ0) is 24.3. The van der Waals surface area contributed by atoms with Crippen molar-refractivity contribution < 1.29 is 19.4 Å². The predicted molar refractivity (Wildman–Crippen MR) is 131 cm³/mol. The number of aliphatic hydroxyl groups is 1. The molecule has 3 atom stereocenters. The molecule has 3 aliphatic heterocycles. The van der Waals surface area contributed by atoms with Gasteiger partial charge in [-0.25, -0.2) is 9.78 Å². The van der Waals surface area contributed by atoms with Gasteiger partial charge in [-0.1, -0.05) is 24.2 Å². The van der Waals surface area contributed by atoms with Crippen LogP contribution in [-0.2, 0) is 22.5 Å². The van der Waals surface area contributed by atoms with Gasteiger partial charge in [0, 0.05) is 43.0 Å². The SMILES string of the molecule is CC(C)(C)OC(=O)N1CC2CCC(C1)N2c1nc2c(s1)CN(C(=O)C(C)(O)C1CCCC1)CC2. The number of anilines is 1. The van der Waals surface area contributed by atoms with Gasteiger partial charge in [0.2, 0.25) is 0 Å². The standard InChI is InChI=1S/C25H38N4O4S/c1-24(2,3)33-23(31)28-13-17-9-10-18(14-28)29(17)22-26-19-11-12-27(15-20(19)34-22)21(30)25(4,32)16-7-5-6-8-16/h16-18,32H,5-15H2,1-4H3. The minimum atomic E-state index is -1.28. The van der Waals surface area contributed by atoms with E-state index in [1.54, 1.807) is 18.3 Å². The van der Waals surface area contributed by atoms with Crippen LogP contribution in [0.5, 0.6) is 0 Å². The van der Waals surface area contributed by atoms with Gasteiger partial charge in [-0.15, -0.1) is 0 Å². The van der Waals surface area contributed by atoms with E-state index < -0.39 is 11.2 Å². The van der Waals surface area contributed by atoms with E-state index in [0.29, 0.717) is 26.2 Å². The molecule has 9 heteroatoms.